The molecule has 0 spiro atoms. The van der Waals surface area contributed by atoms with Gasteiger partial charge in [-0.25, -0.2) is 0 Å². The summed E-state index contributed by atoms with van der Waals surface area (Å²) in [6.45, 7) is 3.27. The van der Waals surface area contributed by atoms with Crippen molar-refractivity contribution in [3.63, 3.8) is 0 Å². The highest BCUT2D eigenvalue weighted by Crippen LogP contribution is 2.28. The Hall–Kier alpha value is -2.54. The number of hydrogen-bond donors (Lipinski definition) is 0. The Balaban J connectivity index is 2.90. The third-order valence-corrected chi connectivity index (χ3v) is 4.05. The third kappa shape index (κ3) is 7.30. The van der Waals surface area contributed by atoms with E-state index in [0.29, 0.717) is 31.1 Å². The van der Waals surface area contributed by atoms with E-state index in [2.05, 4.69) is 0 Å². The molecule has 0 saturated carbocycles. The van der Waals surface area contributed by atoms with Crippen LogP contribution in [0.2, 0.25) is 0 Å². The lowest BCUT2D eigenvalue weighted by Gasteiger charge is -2.25. The van der Waals surface area contributed by atoms with Gasteiger partial charge in [0.15, 0.2) is 11.5 Å². The second kappa shape index (κ2) is 11.2. The summed E-state index contributed by atoms with van der Waals surface area (Å²) in [6.07, 6.45) is 3.22. The Morgan fingerprint density at radius 1 is 1.07 bits per heavy atom. The smallest absolute Gasteiger partial charge is 0.310 e. The number of esters is 1. The minimum Gasteiger partial charge on any atom is -0.493 e. The molecule has 1 unspecified atom stereocenters. The molecule has 27 heavy (non-hydrogen) atoms. The largest absolute Gasteiger partial charge is 0.493 e. The zero-order valence-electron chi connectivity index (χ0n) is 17.0. The van der Waals surface area contributed by atoms with Gasteiger partial charge in [-0.15, -0.1) is 0 Å². The lowest BCUT2D eigenvalue weighted by Crippen LogP contribution is -2.40. The average Bonchev–Trinajstić information content (AvgIpc) is 2.67. The maximum atomic E-state index is 12.7. The van der Waals surface area contributed by atoms with Gasteiger partial charge in [-0.05, 0) is 37.9 Å². The molecule has 0 aliphatic rings. The minimum atomic E-state index is -0.393. The Morgan fingerprint density at radius 2 is 1.74 bits per heavy atom. The summed E-state index contributed by atoms with van der Waals surface area (Å²) in [4.78, 5) is 28.0. The van der Waals surface area contributed by atoms with Gasteiger partial charge in [-0.3, -0.25) is 9.59 Å². The van der Waals surface area contributed by atoms with Crippen LogP contribution in [0.3, 0.4) is 0 Å². The molecule has 0 saturated heterocycles. The van der Waals surface area contributed by atoms with Crippen molar-refractivity contribution in [1.82, 2.24) is 9.80 Å². The molecule has 0 heterocycles. The number of nitrogens with zero attached hydrogens (tertiary/aromatic N) is 2. The number of hydrogen-bond acceptors (Lipinski definition) is 6. The van der Waals surface area contributed by atoms with E-state index in [9.17, 15) is 9.59 Å². The van der Waals surface area contributed by atoms with Crippen LogP contribution in [-0.2, 0) is 14.3 Å². The number of carbonyl (C=O) groups excluding carboxylic acids is 2. The molecule has 1 aromatic carbocycles. The quantitative estimate of drug-likeness (QED) is 0.458. The van der Waals surface area contributed by atoms with Gasteiger partial charge in [0.25, 0.3) is 0 Å². The molecular formula is C20H30N2O5. The predicted molar refractivity (Wildman–Crippen MR) is 105 cm³/mol. The van der Waals surface area contributed by atoms with E-state index in [1.54, 1.807) is 44.3 Å². The van der Waals surface area contributed by atoms with Gasteiger partial charge in [0, 0.05) is 25.7 Å². The highest BCUT2D eigenvalue weighted by Gasteiger charge is 2.20. The molecule has 0 radical (unpaired) electrons. The van der Waals surface area contributed by atoms with Crippen molar-refractivity contribution < 1.29 is 23.8 Å². The molecule has 0 fully saturated rings. The number of carbonyl (C=O) groups is 2. The fourth-order valence-corrected chi connectivity index (χ4v) is 2.45. The van der Waals surface area contributed by atoms with Crippen LogP contribution in [0, 0.1) is 5.92 Å². The normalized spacial score (nSPS) is 12.1. The number of rotatable bonds is 10. The monoisotopic (exact) mass is 378 g/mol. The van der Waals surface area contributed by atoms with Gasteiger partial charge in [-0.2, -0.15) is 0 Å². The van der Waals surface area contributed by atoms with E-state index in [1.807, 2.05) is 25.1 Å². The van der Waals surface area contributed by atoms with E-state index in [1.165, 1.54) is 13.2 Å². The second-order valence-electron chi connectivity index (χ2n) is 6.46. The van der Waals surface area contributed by atoms with E-state index in [0.717, 1.165) is 5.56 Å². The molecule has 7 nitrogen and oxygen atoms in total. The van der Waals surface area contributed by atoms with Gasteiger partial charge < -0.3 is 24.0 Å². The molecule has 1 amide bonds. The first kappa shape index (κ1) is 22.5. The minimum absolute atomic E-state index is 0.164. The van der Waals surface area contributed by atoms with Crippen LogP contribution >= 0.6 is 0 Å². The first-order valence-electron chi connectivity index (χ1n) is 8.74. The molecule has 150 valence electrons. The highest BCUT2D eigenvalue weighted by atomic mass is 16.5. The van der Waals surface area contributed by atoms with Crippen LogP contribution in [0.5, 0.6) is 11.5 Å². The maximum Gasteiger partial charge on any atom is 0.310 e. The number of benzene rings is 1. The standard InChI is InChI=1S/C20H30N2O5/c1-15(20(24)27-6)14-22(12-11-21(2)3)19(23)10-8-16-7-9-17(25-4)18(13-16)26-5/h7-10,13,15H,11-12,14H2,1-6H3/b10-8+. The summed E-state index contributed by atoms with van der Waals surface area (Å²) in [5.41, 5.74) is 0.814. The first-order chi connectivity index (χ1) is 12.8. The van der Waals surface area contributed by atoms with E-state index >= 15 is 0 Å². The number of ether oxygens (including phenoxy) is 3. The number of amides is 1. The van der Waals surface area contributed by atoms with Gasteiger partial charge in [-0.1, -0.05) is 13.0 Å². The molecule has 0 aromatic heterocycles. The van der Waals surface area contributed by atoms with Crippen molar-refractivity contribution in [2.24, 2.45) is 5.92 Å². The van der Waals surface area contributed by atoms with Crippen LogP contribution < -0.4 is 9.47 Å². The van der Waals surface area contributed by atoms with Gasteiger partial charge in [0.2, 0.25) is 5.91 Å². The van der Waals surface area contributed by atoms with Gasteiger partial charge in [0.1, 0.15) is 0 Å². The molecule has 0 aliphatic heterocycles. The summed E-state index contributed by atoms with van der Waals surface area (Å²) in [7, 11) is 8.36. The lowest BCUT2D eigenvalue weighted by atomic mass is 10.1. The van der Waals surface area contributed by atoms with Gasteiger partial charge in [0.05, 0.1) is 27.2 Å². The zero-order chi connectivity index (χ0) is 20.4. The molecule has 0 bridgehead atoms. The van der Waals surface area contributed by atoms with E-state index in [4.69, 9.17) is 14.2 Å². The van der Waals surface area contributed by atoms with E-state index in [-0.39, 0.29) is 11.9 Å². The Morgan fingerprint density at radius 3 is 2.30 bits per heavy atom. The molecule has 1 aromatic rings. The summed E-state index contributed by atoms with van der Waals surface area (Å²) in [6, 6.07) is 5.42. The van der Waals surface area contributed by atoms with Crippen molar-refractivity contribution in [3.8, 4) is 11.5 Å². The molecule has 1 rings (SSSR count). The Bertz CT molecular complexity index is 658. The SMILES string of the molecule is COC(=O)C(C)CN(CCN(C)C)C(=O)/C=C/c1ccc(OC)c(OC)c1. The van der Waals surface area contributed by atoms with Crippen LogP contribution in [0.1, 0.15) is 12.5 Å². The molecule has 0 N–H and O–H groups in total. The van der Waals surface area contributed by atoms with Crippen LogP contribution in [0.4, 0.5) is 0 Å². The average molecular weight is 378 g/mol. The first-order valence-corrected chi connectivity index (χ1v) is 8.74. The topological polar surface area (TPSA) is 68.3 Å². The summed E-state index contributed by atoms with van der Waals surface area (Å²) in [5.74, 6) is 0.330. The number of methoxy groups -OCH3 is 3. The summed E-state index contributed by atoms with van der Waals surface area (Å²) in [5, 5.41) is 0. The summed E-state index contributed by atoms with van der Waals surface area (Å²) >= 11 is 0. The van der Waals surface area contributed by atoms with Crippen molar-refractivity contribution >= 4 is 18.0 Å². The molecule has 1 atom stereocenters. The Kier molecular flexibility index (Phi) is 9.36. The lowest BCUT2D eigenvalue weighted by molar-refractivity contribution is -0.146. The molecular weight excluding hydrogens is 348 g/mol. The van der Waals surface area contributed by atoms with Gasteiger partial charge >= 0.3 is 5.97 Å². The van der Waals surface area contributed by atoms with Crippen molar-refractivity contribution in [3.05, 3.63) is 29.8 Å². The number of likely N-dealkylation sites (N-methyl/N-ethyl adjacent to an activating group) is 1. The second-order valence-corrected chi connectivity index (χ2v) is 6.46. The van der Waals surface area contributed by atoms with Crippen LogP contribution in [0.25, 0.3) is 6.08 Å². The van der Waals surface area contributed by atoms with Crippen LogP contribution in [-0.4, -0.2) is 76.7 Å². The maximum absolute atomic E-state index is 12.7. The van der Waals surface area contributed by atoms with Crippen molar-refractivity contribution in [1.29, 1.82) is 0 Å². The highest BCUT2D eigenvalue weighted by molar-refractivity contribution is 5.92. The molecule has 0 aliphatic carbocycles. The Labute approximate surface area is 161 Å². The van der Waals surface area contributed by atoms with Crippen LogP contribution in [0.15, 0.2) is 24.3 Å². The van der Waals surface area contributed by atoms with Crippen molar-refractivity contribution in [2.75, 3.05) is 55.1 Å². The molecule has 7 heteroatoms. The van der Waals surface area contributed by atoms with Crippen molar-refractivity contribution in [2.45, 2.75) is 6.92 Å². The summed E-state index contributed by atoms with van der Waals surface area (Å²) < 4.78 is 15.3. The third-order valence-electron chi connectivity index (χ3n) is 4.05. The predicted octanol–water partition coefficient (Wildman–Crippen LogP) is 1.92. The fraction of sp³-hybridized carbons (Fsp3) is 0.500. The fourth-order valence-electron chi connectivity index (χ4n) is 2.45. The zero-order valence-corrected chi connectivity index (χ0v) is 17.0. The van der Waals surface area contributed by atoms with E-state index < -0.39 is 5.92 Å².